The first-order valence-electron chi connectivity index (χ1n) is 9.41. The standard InChI is InChI=1S/C22H22N4O2/c27-26(28)21-10-8-18(9-11-21)16-23-25-14-12-24(13-15-25)17-20-6-3-5-19-4-1-2-7-22(19)20/h1-11,16H,12-15,17H2/b23-16-. The molecule has 142 valence electrons. The van der Waals surface area contributed by atoms with Gasteiger partial charge in [0.2, 0.25) is 0 Å². The summed E-state index contributed by atoms with van der Waals surface area (Å²) in [5.41, 5.74) is 2.32. The lowest BCUT2D eigenvalue weighted by Crippen LogP contribution is -2.43. The fraction of sp³-hybridized carbons (Fsp3) is 0.227. The molecule has 0 bridgehead atoms. The van der Waals surface area contributed by atoms with Gasteiger partial charge in [-0.25, -0.2) is 0 Å². The summed E-state index contributed by atoms with van der Waals surface area (Å²) in [6.45, 7) is 4.60. The van der Waals surface area contributed by atoms with Gasteiger partial charge >= 0.3 is 0 Å². The van der Waals surface area contributed by atoms with Crippen LogP contribution in [0.2, 0.25) is 0 Å². The van der Waals surface area contributed by atoms with Crippen LogP contribution in [0.3, 0.4) is 0 Å². The van der Waals surface area contributed by atoms with Crippen molar-refractivity contribution in [2.45, 2.75) is 6.54 Å². The van der Waals surface area contributed by atoms with Crippen LogP contribution < -0.4 is 0 Å². The van der Waals surface area contributed by atoms with Gasteiger partial charge in [0.1, 0.15) is 0 Å². The van der Waals surface area contributed by atoms with E-state index in [0.717, 1.165) is 38.3 Å². The Kier molecular flexibility index (Phi) is 5.30. The van der Waals surface area contributed by atoms with Crippen LogP contribution in [0.1, 0.15) is 11.1 Å². The molecule has 3 aromatic rings. The minimum atomic E-state index is -0.393. The quantitative estimate of drug-likeness (QED) is 0.386. The van der Waals surface area contributed by atoms with Gasteiger partial charge in [-0.15, -0.1) is 0 Å². The van der Waals surface area contributed by atoms with Crippen LogP contribution in [0, 0.1) is 10.1 Å². The summed E-state index contributed by atoms with van der Waals surface area (Å²) in [4.78, 5) is 12.8. The van der Waals surface area contributed by atoms with Gasteiger partial charge < -0.3 is 0 Å². The van der Waals surface area contributed by atoms with Crippen molar-refractivity contribution in [1.29, 1.82) is 0 Å². The lowest BCUT2D eigenvalue weighted by atomic mass is 10.0. The molecule has 28 heavy (non-hydrogen) atoms. The average Bonchev–Trinajstić information content (AvgIpc) is 2.74. The van der Waals surface area contributed by atoms with E-state index in [2.05, 4.69) is 57.5 Å². The van der Waals surface area contributed by atoms with E-state index in [1.807, 2.05) is 0 Å². The lowest BCUT2D eigenvalue weighted by molar-refractivity contribution is -0.384. The summed E-state index contributed by atoms with van der Waals surface area (Å²) in [5.74, 6) is 0. The molecule has 0 unspecified atom stereocenters. The minimum absolute atomic E-state index is 0.0965. The van der Waals surface area contributed by atoms with E-state index in [1.165, 1.54) is 28.5 Å². The molecule has 3 aromatic carbocycles. The Hall–Kier alpha value is -3.25. The maximum Gasteiger partial charge on any atom is 0.269 e. The van der Waals surface area contributed by atoms with Gasteiger partial charge in [0.25, 0.3) is 5.69 Å². The molecule has 6 heteroatoms. The molecule has 0 radical (unpaired) electrons. The summed E-state index contributed by atoms with van der Waals surface area (Å²) in [5, 5.41) is 19.9. The van der Waals surface area contributed by atoms with Crippen molar-refractivity contribution in [1.82, 2.24) is 9.91 Å². The van der Waals surface area contributed by atoms with Crippen molar-refractivity contribution in [2.75, 3.05) is 26.2 Å². The molecule has 0 amide bonds. The van der Waals surface area contributed by atoms with Gasteiger partial charge in [0, 0.05) is 44.9 Å². The first-order valence-corrected chi connectivity index (χ1v) is 9.41. The number of rotatable bonds is 5. The van der Waals surface area contributed by atoms with Crippen LogP contribution in [0.5, 0.6) is 0 Å². The zero-order valence-electron chi connectivity index (χ0n) is 15.6. The summed E-state index contributed by atoms with van der Waals surface area (Å²) >= 11 is 0. The fourth-order valence-corrected chi connectivity index (χ4v) is 3.51. The molecule has 1 aliphatic heterocycles. The summed E-state index contributed by atoms with van der Waals surface area (Å²) in [6, 6.07) is 21.5. The zero-order valence-corrected chi connectivity index (χ0v) is 15.6. The number of hydrazone groups is 1. The topological polar surface area (TPSA) is 62.0 Å². The van der Waals surface area contributed by atoms with E-state index in [4.69, 9.17) is 0 Å². The van der Waals surface area contributed by atoms with Crippen LogP contribution >= 0.6 is 0 Å². The highest BCUT2D eigenvalue weighted by Gasteiger charge is 2.16. The Labute approximate surface area is 163 Å². The van der Waals surface area contributed by atoms with Crippen LogP contribution in [0.15, 0.2) is 71.8 Å². The highest BCUT2D eigenvalue weighted by atomic mass is 16.6. The first kappa shape index (κ1) is 18.1. The number of hydrogen-bond acceptors (Lipinski definition) is 5. The second-order valence-corrected chi connectivity index (χ2v) is 6.96. The van der Waals surface area contributed by atoms with Crippen molar-refractivity contribution >= 4 is 22.7 Å². The van der Waals surface area contributed by atoms with Gasteiger partial charge in [-0.3, -0.25) is 20.0 Å². The SMILES string of the molecule is O=[N+]([O-])c1ccc(/C=N\N2CCN(Cc3cccc4ccccc34)CC2)cc1. The number of fused-ring (bicyclic) bond motifs is 1. The van der Waals surface area contributed by atoms with Gasteiger partial charge in [0.15, 0.2) is 0 Å². The molecule has 1 fully saturated rings. The average molecular weight is 374 g/mol. The summed E-state index contributed by atoms with van der Waals surface area (Å²) in [6.07, 6.45) is 1.77. The Bertz CT molecular complexity index is 988. The Morgan fingerprint density at radius 3 is 2.39 bits per heavy atom. The third kappa shape index (κ3) is 4.18. The predicted octanol–water partition coefficient (Wildman–Crippen LogP) is 3.90. The Morgan fingerprint density at radius 2 is 1.64 bits per heavy atom. The lowest BCUT2D eigenvalue weighted by Gasteiger charge is -2.33. The third-order valence-corrected chi connectivity index (χ3v) is 5.10. The van der Waals surface area contributed by atoms with Crippen LogP contribution in [-0.2, 0) is 6.54 Å². The van der Waals surface area contributed by atoms with Crippen LogP contribution in [-0.4, -0.2) is 47.2 Å². The van der Waals surface area contributed by atoms with E-state index in [9.17, 15) is 10.1 Å². The molecule has 0 aromatic heterocycles. The smallest absolute Gasteiger partial charge is 0.269 e. The molecule has 0 N–H and O–H groups in total. The minimum Gasteiger partial charge on any atom is -0.295 e. The summed E-state index contributed by atoms with van der Waals surface area (Å²) < 4.78 is 0. The molecule has 1 aliphatic rings. The van der Waals surface area contributed by atoms with Gasteiger partial charge in [-0.2, -0.15) is 5.10 Å². The molecule has 0 aliphatic carbocycles. The molecule has 0 atom stereocenters. The van der Waals surface area contributed by atoms with Crippen molar-refractivity contribution in [3.8, 4) is 0 Å². The largest absolute Gasteiger partial charge is 0.295 e. The highest BCUT2D eigenvalue weighted by molar-refractivity contribution is 5.85. The van der Waals surface area contributed by atoms with Crippen molar-refractivity contribution in [2.24, 2.45) is 5.10 Å². The highest BCUT2D eigenvalue weighted by Crippen LogP contribution is 2.20. The fourth-order valence-electron chi connectivity index (χ4n) is 3.51. The molecular formula is C22H22N4O2. The second kappa shape index (κ2) is 8.19. The molecule has 1 heterocycles. The number of hydrogen-bond donors (Lipinski definition) is 0. The molecule has 0 saturated carbocycles. The zero-order chi connectivity index (χ0) is 19.3. The molecule has 4 rings (SSSR count). The molecular weight excluding hydrogens is 352 g/mol. The van der Waals surface area contributed by atoms with E-state index >= 15 is 0 Å². The number of nitro groups is 1. The molecule has 1 saturated heterocycles. The third-order valence-electron chi connectivity index (χ3n) is 5.10. The Balaban J connectivity index is 1.33. The number of benzene rings is 3. The maximum absolute atomic E-state index is 10.7. The van der Waals surface area contributed by atoms with E-state index in [-0.39, 0.29) is 5.69 Å². The maximum atomic E-state index is 10.7. The van der Waals surface area contributed by atoms with Crippen molar-refractivity contribution < 1.29 is 4.92 Å². The van der Waals surface area contributed by atoms with Crippen molar-refractivity contribution in [3.63, 3.8) is 0 Å². The Morgan fingerprint density at radius 1 is 0.929 bits per heavy atom. The number of nitro benzene ring substituents is 1. The normalized spacial score (nSPS) is 15.4. The molecule has 6 nitrogen and oxygen atoms in total. The van der Waals surface area contributed by atoms with Crippen molar-refractivity contribution in [3.05, 3.63) is 88.0 Å². The summed E-state index contributed by atoms with van der Waals surface area (Å²) in [7, 11) is 0. The van der Waals surface area contributed by atoms with Gasteiger partial charge in [-0.1, -0.05) is 42.5 Å². The first-order chi connectivity index (χ1) is 13.7. The molecule has 0 spiro atoms. The van der Waals surface area contributed by atoms with E-state index in [1.54, 1.807) is 18.3 Å². The number of non-ortho nitro benzene ring substituents is 1. The van der Waals surface area contributed by atoms with Crippen LogP contribution in [0.4, 0.5) is 5.69 Å². The van der Waals surface area contributed by atoms with Gasteiger partial charge in [0.05, 0.1) is 11.1 Å². The van der Waals surface area contributed by atoms with E-state index in [0.29, 0.717) is 0 Å². The predicted molar refractivity (Wildman–Crippen MR) is 111 cm³/mol. The number of nitrogens with zero attached hydrogens (tertiary/aromatic N) is 4. The monoisotopic (exact) mass is 374 g/mol. The van der Waals surface area contributed by atoms with Crippen LogP contribution in [0.25, 0.3) is 10.8 Å². The van der Waals surface area contributed by atoms with E-state index < -0.39 is 4.92 Å². The second-order valence-electron chi connectivity index (χ2n) is 6.96. The van der Waals surface area contributed by atoms with Gasteiger partial charge in [-0.05, 0) is 34.0 Å². The number of piperazine rings is 1.